The number of anilines is 1. The van der Waals surface area contributed by atoms with Gasteiger partial charge in [0, 0.05) is 12.6 Å². The van der Waals surface area contributed by atoms with E-state index in [0.717, 1.165) is 6.42 Å². The van der Waals surface area contributed by atoms with Gasteiger partial charge in [-0.1, -0.05) is 19.8 Å². The summed E-state index contributed by atoms with van der Waals surface area (Å²) in [4.78, 5) is 22.0. The van der Waals surface area contributed by atoms with E-state index >= 15 is 0 Å². The highest BCUT2D eigenvalue weighted by atomic mass is 32.2. The topological polar surface area (TPSA) is 113 Å². The van der Waals surface area contributed by atoms with Crippen LogP contribution < -0.4 is 10.0 Å². The maximum Gasteiger partial charge on any atom is 0.321 e. The number of unbranched alkanes of at least 4 members (excludes halogenated alkanes) is 1. The molecule has 1 rings (SSSR count). The average molecular weight is 328 g/mol. The summed E-state index contributed by atoms with van der Waals surface area (Å²) in [6.45, 7) is 3.24. The van der Waals surface area contributed by atoms with Crippen LogP contribution in [0.3, 0.4) is 0 Å². The van der Waals surface area contributed by atoms with Gasteiger partial charge in [0.15, 0.2) is 0 Å². The monoisotopic (exact) mass is 328 g/mol. The van der Waals surface area contributed by atoms with Gasteiger partial charge in [0.2, 0.25) is 15.9 Å². The molecule has 22 heavy (non-hydrogen) atoms. The van der Waals surface area contributed by atoms with Gasteiger partial charge in [-0.2, -0.15) is 4.72 Å². The Labute approximate surface area is 129 Å². The Hall–Kier alpha value is -1.93. The van der Waals surface area contributed by atoms with Crippen molar-refractivity contribution in [2.45, 2.75) is 44.0 Å². The molecule has 0 aliphatic heterocycles. The Bertz CT molecular complexity index is 625. The van der Waals surface area contributed by atoms with Crippen molar-refractivity contribution in [3.8, 4) is 0 Å². The van der Waals surface area contributed by atoms with Crippen LogP contribution in [0.2, 0.25) is 0 Å². The highest BCUT2D eigenvalue weighted by Gasteiger charge is 2.24. The van der Waals surface area contributed by atoms with Gasteiger partial charge in [0.1, 0.15) is 6.04 Å². The molecule has 0 aliphatic rings. The predicted octanol–water partition coefficient (Wildman–Crippen LogP) is 1.57. The van der Waals surface area contributed by atoms with E-state index in [1.165, 1.54) is 31.2 Å². The SMILES string of the molecule is CCCCC(NS(=O)(=O)c1ccc(NC(C)=O)cc1)C(=O)O. The zero-order chi connectivity index (χ0) is 16.8. The summed E-state index contributed by atoms with van der Waals surface area (Å²) in [7, 11) is -3.92. The number of aliphatic carboxylic acids is 1. The smallest absolute Gasteiger partial charge is 0.321 e. The van der Waals surface area contributed by atoms with Gasteiger partial charge in [-0.3, -0.25) is 9.59 Å². The van der Waals surface area contributed by atoms with E-state index in [9.17, 15) is 18.0 Å². The second-order valence-electron chi connectivity index (χ2n) is 4.86. The first-order valence-corrected chi connectivity index (χ1v) is 8.37. The molecule has 0 saturated heterocycles. The van der Waals surface area contributed by atoms with E-state index in [4.69, 9.17) is 5.11 Å². The van der Waals surface area contributed by atoms with Crippen LogP contribution in [0.1, 0.15) is 33.1 Å². The third kappa shape index (κ3) is 5.45. The number of carboxylic acids is 1. The Morgan fingerprint density at radius 2 is 1.82 bits per heavy atom. The lowest BCUT2D eigenvalue weighted by Crippen LogP contribution is -2.40. The lowest BCUT2D eigenvalue weighted by atomic mass is 10.1. The molecule has 1 aromatic rings. The van der Waals surface area contributed by atoms with Gasteiger partial charge in [-0.05, 0) is 30.7 Å². The van der Waals surface area contributed by atoms with E-state index in [2.05, 4.69) is 10.0 Å². The molecule has 0 saturated carbocycles. The fourth-order valence-electron chi connectivity index (χ4n) is 1.82. The van der Waals surface area contributed by atoms with E-state index in [1.807, 2.05) is 6.92 Å². The average Bonchev–Trinajstić information content (AvgIpc) is 2.43. The molecule has 0 bridgehead atoms. The third-order valence-electron chi connectivity index (χ3n) is 2.93. The zero-order valence-electron chi connectivity index (χ0n) is 12.5. The molecule has 3 N–H and O–H groups in total. The fourth-order valence-corrected chi connectivity index (χ4v) is 3.04. The molecule has 1 atom stereocenters. The van der Waals surface area contributed by atoms with Crippen LogP contribution in [0.25, 0.3) is 0 Å². The van der Waals surface area contributed by atoms with Crippen molar-refractivity contribution >= 4 is 27.6 Å². The van der Waals surface area contributed by atoms with Crippen molar-refractivity contribution in [1.29, 1.82) is 0 Å². The fraction of sp³-hybridized carbons (Fsp3) is 0.429. The normalized spacial score (nSPS) is 12.6. The van der Waals surface area contributed by atoms with Crippen LogP contribution in [0.4, 0.5) is 5.69 Å². The van der Waals surface area contributed by atoms with Crippen molar-refractivity contribution < 1.29 is 23.1 Å². The molecule has 0 heterocycles. The van der Waals surface area contributed by atoms with Crippen molar-refractivity contribution in [3.63, 3.8) is 0 Å². The van der Waals surface area contributed by atoms with Crippen LogP contribution in [0.5, 0.6) is 0 Å². The third-order valence-corrected chi connectivity index (χ3v) is 4.41. The molecular weight excluding hydrogens is 308 g/mol. The van der Waals surface area contributed by atoms with Gasteiger partial charge in [0.25, 0.3) is 0 Å². The van der Waals surface area contributed by atoms with Crippen molar-refractivity contribution in [3.05, 3.63) is 24.3 Å². The maximum absolute atomic E-state index is 12.2. The van der Waals surface area contributed by atoms with Crippen molar-refractivity contribution in [2.24, 2.45) is 0 Å². The lowest BCUT2D eigenvalue weighted by molar-refractivity contribution is -0.139. The number of carbonyl (C=O) groups excluding carboxylic acids is 1. The Kier molecular flexibility index (Phi) is 6.51. The summed E-state index contributed by atoms with van der Waals surface area (Å²) in [5, 5.41) is 11.6. The lowest BCUT2D eigenvalue weighted by Gasteiger charge is -2.14. The number of carboxylic acid groups (broad SMARTS) is 1. The van der Waals surface area contributed by atoms with E-state index in [0.29, 0.717) is 12.1 Å². The number of sulfonamides is 1. The first kappa shape index (κ1) is 18.1. The summed E-state index contributed by atoms with van der Waals surface area (Å²) >= 11 is 0. The van der Waals surface area contributed by atoms with Gasteiger partial charge >= 0.3 is 5.97 Å². The number of carbonyl (C=O) groups is 2. The van der Waals surface area contributed by atoms with E-state index < -0.39 is 22.0 Å². The van der Waals surface area contributed by atoms with Crippen LogP contribution in [0.15, 0.2) is 29.2 Å². The van der Waals surface area contributed by atoms with Gasteiger partial charge < -0.3 is 10.4 Å². The second-order valence-corrected chi connectivity index (χ2v) is 6.57. The van der Waals surface area contributed by atoms with Crippen molar-refractivity contribution in [2.75, 3.05) is 5.32 Å². The highest BCUT2D eigenvalue weighted by molar-refractivity contribution is 7.89. The Morgan fingerprint density at radius 1 is 1.23 bits per heavy atom. The van der Waals surface area contributed by atoms with Gasteiger partial charge in [0.05, 0.1) is 4.90 Å². The molecule has 0 spiro atoms. The Balaban J connectivity index is 2.88. The second kappa shape index (κ2) is 7.90. The molecule has 0 aliphatic carbocycles. The molecule has 1 unspecified atom stereocenters. The number of benzene rings is 1. The first-order chi connectivity index (χ1) is 10.3. The van der Waals surface area contributed by atoms with Crippen LogP contribution >= 0.6 is 0 Å². The molecular formula is C14H20N2O5S. The number of rotatable bonds is 8. The molecule has 0 aromatic heterocycles. The number of amides is 1. The molecule has 8 heteroatoms. The summed E-state index contributed by atoms with van der Waals surface area (Å²) in [6.07, 6.45) is 1.62. The minimum absolute atomic E-state index is 0.0515. The van der Waals surface area contributed by atoms with Crippen LogP contribution in [-0.2, 0) is 19.6 Å². The number of hydrogen-bond donors (Lipinski definition) is 3. The van der Waals surface area contributed by atoms with E-state index in [1.54, 1.807) is 0 Å². The molecule has 0 fully saturated rings. The zero-order valence-corrected chi connectivity index (χ0v) is 13.3. The largest absolute Gasteiger partial charge is 0.480 e. The minimum Gasteiger partial charge on any atom is -0.480 e. The summed E-state index contributed by atoms with van der Waals surface area (Å²) in [5.74, 6) is -1.47. The van der Waals surface area contributed by atoms with Crippen LogP contribution in [0, 0.1) is 0 Å². The van der Waals surface area contributed by atoms with Gasteiger partial charge in [-0.15, -0.1) is 0 Å². The van der Waals surface area contributed by atoms with Crippen LogP contribution in [-0.4, -0.2) is 31.4 Å². The maximum atomic E-state index is 12.2. The molecule has 0 radical (unpaired) electrons. The van der Waals surface area contributed by atoms with Crippen molar-refractivity contribution in [1.82, 2.24) is 4.72 Å². The standard InChI is InChI=1S/C14H20N2O5S/c1-3-4-5-13(14(18)19)16-22(20,21)12-8-6-11(7-9-12)15-10(2)17/h6-9,13,16H,3-5H2,1-2H3,(H,15,17)(H,18,19). The molecule has 122 valence electrons. The van der Waals surface area contributed by atoms with E-state index in [-0.39, 0.29) is 17.2 Å². The quantitative estimate of drug-likeness (QED) is 0.670. The summed E-state index contributed by atoms with van der Waals surface area (Å²) in [6, 6.07) is 4.36. The predicted molar refractivity (Wildman–Crippen MR) is 82.0 cm³/mol. The molecule has 1 aromatic carbocycles. The number of hydrogen-bond acceptors (Lipinski definition) is 4. The minimum atomic E-state index is -3.92. The number of nitrogens with one attached hydrogen (secondary N) is 2. The summed E-state index contributed by atoms with van der Waals surface area (Å²) in [5.41, 5.74) is 0.465. The highest BCUT2D eigenvalue weighted by Crippen LogP contribution is 2.15. The summed E-state index contributed by atoms with van der Waals surface area (Å²) < 4.78 is 26.6. The molecule has 7 nitrogen and oxygen atoms in total. The first-order valence-electron chi connectivity index (χ1n) is 6.89. The molecule has 1 amide bonds. The Morgan fingerprint density at radius 3 is 2.27 bits per heavy atom. The van der Waals surface area contributed by atoms with Gasteiger partial charge in [-0.25, -0.2) is 8.42 Å².